The van der Waals surface area contributed by atoms with Gasteiger partial charge in [-0.1, -0.05) is 59.6 Å². The molecule has 1 saturated heterocycles. The molecule has 32 heavy (non-hydrogen) atoms. The molecule has 3 atom stereocenters. The van der Waals surface area contributed by atoms with E-state index in [9.17, 15) is 9.18 Å². The lowest BCUT2D eigenvalue weighted by Gasteiger charge is -2.43. The van der Waals surface area contributed by atoms with Crippen LogP contribution in [0, 0.1) is 5.82 Å². The van der Waals surface area contributed by atoms with E-state index in [-0.39, 0.29) is 30.4 Å². The fourth-order valence-corrected chi connectivity index (χ4v) is 4.50. The molecule has 3 aromatic rings. The van der Waals surface area contributed by atoms with Gasteiger partial charge in [-0.2, -0.15) is 0 Å². The van der Waals surface area contributed by atoms with E-state index in [1.807, 2.05) is 49.4 Å². The zero-order chi connectivity index (χ0) is 22.7. The lowest BCUT2D eigenvalue weighted by molar-refractivity contribution is -0.128. The maximum absolute atomic E-state index is 13.9. The molecular formula is C26H24Cl2FNO2. The number of ether oxygens (including phenoxy) is 1. The zero-order valence-electron chi connectivity index (χ0n) is 17.7. The fraction of sp³-hybridized carbons (Fsp3) is 0.269. The van der Waals surface area contributed by atoms with Gasteiger partial charge >= 0.3 is 0 Å². The predicted octanol–water partition coefficient (Wildman–Crippen LogP) is 6.84. The molecule has 1 amide bonds. The molecule has 3 nitrogen and oxygen atoms in total. The van der Waals surface area contributed by atoms with Crippen LogP contribution < -0.4 is 5.32 Å². The summed E-state index contributed by atoms with van der Waals surface area (Å²) in [5, 5.41) is 4.49. The summed E-state index contributed by atoms with van der Waals surface area (Å²) in [6.45, 7) is 2.02. The summed E-state index contributed by atoms with van der Waals surface area (Å²) in [5.41, 5.74) is 2.07. The van der Waals surface area contributed by atoms with Crippen LogP contribution in [0.5, 0.6) is 0 Å². The number of amides is 1. The molecule has 6 heteroatoms. The molecule has 0 aromatic heterocycles. The molecule has 1 aliphatic heterocycles. The van der Waals surface area contributed by atoms with Crippen LogP contribution in [0.3, 0.4) is 0 Å². The molecule has 1 aliphatic rings. The van der Waals surface area contributed by atoms with Gasteiger partial charge in [-0.15, -0.1) is 0 Å². The monoisotopic (exact) mass is 471 g/mol. The van der Waals surface area contributed by atoms with Gasteiger partial charge in [0, 0.05) is 28.4 Å². The molecule has 0 unspecified atom stereocenters. The van der Waals surface area contributed by atoms with Gasteiger partial charge in [0.2, 0.25) is 5.91 Å². The molecule has 0 aliphatic carbocycles. The summed E-state index contributed by atoms with van der Waals surface area (Å²) in [4.78, 5) is 12.9. The largest absolute Gasteiger partial charge is 0.365 e. The maximum Gasteiger partial charge on any atom is 0.224 e. The van der Waals surface area contributed by atoms with Gasteiger partial charge in [0.25, 0.3) is 0 Å². The third kappa shape index (κ3) is 5.69. The van der Waals surface area contributed by atoms with E-state index in [1.54, 1.807) is 18.2 Å². The smallest absolute Gasteiger partial charge is 0.224 e. The maximum atomic E-state index is 13.9. The number of hydrogen-bond acceptors (Lipinski definition) is 2. The van der Waals surface area contributed by atoms with Crippen molar-refractivity contribution in [2.75, 3.05) is 0 Å². The van der Waals surface area contributed by atoms with E-state index in [0.717, 1.165) is 16.7 Å². The zero-order valence-corrected chi connectivity index (χ0v) is 19.2. The van der Waals surface area contributed by atoms with E-state index < -0.39 is 5.54 Å². The van der Waals surface area contributed by atoms with Crippen molar-refractivity contribution < 1.29 is 13.9 Å². The Morgan fingerprint density at radius 2 is 1.56 bits per heavy atom. The molecule has 1 heterocycles. The van der Waals surface area contributed by atoms with Crippen molar-refractivity contribution in [3.05, 3.63) is 105 Å². The number of carbonyl (C=O) groups is 1. The summed E-state index contributed by atoms with van der Waals surface area (Å²) in [5.74, 6) is -0.391. The Hall–Kier alpha value is -2.40. The highest BCUT2D eigenvalue weighted by atomic mass is 35.5. The first-order valence-electron chi connectivity index (χ1n) is 10.5. The van der Waals surface area contributed by atoms with Gasteiger partial charge in [0.15, 0.2) is 0 Å². The molecular weight excluding hydrogens is 448 g/mol. The summed E-state index contributed by atoms with van der Waals surface area (Å²) < 4.78 is 20.3. The van der Waals surface area contributed by atoms with Crippen LogP contribution in [0.4, 0.5) is 4.39 Å². The van der Waals surface area contributed by atoms with Gasteiger partial charge in [-0.05, 0) is 60.0 Å². The van der Waals surface area contributed by atoms with Crippen molar-refractivity contribution in [1.82, 2.24) is 5.32 Å². The Labute approximate surface area is 197 Å². The Balaban J connectivity index is 1.57. The van der Waals surface area contributed by atoms with Crippen LogP contribution in [-0.2, 0) is 16.0 Å². The van der Waals surface area contributed by atoms with Crippen molar-refractivity contribution in [2.24, 2.45) is 0 Å². The van der Waals surface area contributed by atoms with Crippen molar-refractivity contribution in [2.45, 2.75) is 43.9 Å². The highest BCUT2D eigenvalue weighted by Crippen LogP contribution is 2.44. The second-order valence-electron chi connectivity index (χ2n) is 8.54. The van der Waals surface area contributed by atoms with E-state index in [0.29, 0.717) is 22.9 Å². The number of nitrogens with one attached hydrogen (secondary N) is 1. The van der Waals surface area contributed by atoms with Crippen LogP contribution >= 0.6 is 23.2 Å². The SMILES string of the molecule is C[C@]1(NC(=O)Cc2ccc(Cl)cc2)C[C@@H](c2ccc(Cl)cc2)O[C@@H](c2cccc(F)c2)C1. The van der Waals surface area contributed by atoms with Crippen LogP contribution in [0.2, 0.25) is 10.0 Å². The lowest BCUT2D eigenvalue weighted by atomic mass is 9.81. The van der Waals surface area contributed by atoms with Crippen LogP contribution in [0.25, 0.3) is 0 Å². The van der Waals surface area contributed by atoms with Crippen LogP contribution in [0.1, 0.15) is 48.7 Å². The minimum absolute atomic E-state index is 0.0791. The Morgan fingerprint density at radius 3 is 2.19 bits per heavy atom. The molecule has 1 N–H and O–H groups in total. The molecule has 0 bridgehead atoms. The minimum Gasteiger partial charge on any atom is -0.365 e. The normalized spacial score (nSPS) is 23.0. The third-order valence-electron chi connectivity index (χ3n) is 5.78. The molecule has 1 fully saturated rings. The summed E-state index contributed by atoms with van der Waals surface area (Å²) in [6, 6.07) is 21.2. The third-order valence-corrected chi connectivity index (χ3v) is 6.29. The average molecular weight is 472 g/mol. The molecule has 0 saturated carbocycles. The highest BCUT2D eigenvalue weighted by molar-refractivity contribution is 6.30. The first kappa shape index (κ1) is 22.8. The average Bonchev–Trinajstić information content (AvgIpc) is 2.75. The molecule has 3 aromatic carbocycles. The highest BCUT2D eigenvalue weighted by Gasteiger charge is 2.40. The quantitative estimate of drug-likeness (QED) is 0.442. The number of benzene rings is 3. The summed E-state index contributed by atoms with van der Waals surface area (Å²) in [7, 11) is 0. The summed E-state index contributed by atoms with van der Waals surface area (Å²) in [6.07, 6.45) is 0.750. The minimum atomic E-state index is -0.539. The van der Waals surface area contributed by atoms with Gasteiger partial charge in [-0.25, -0.2) is 4.39 Å². The predicted molar refractivity (Wildman–Crippen MR) is 125 cm³/mol. The Bertz CT molecular complexity index is 1090. The van der Waals surface area contributed by atoms with Crippen molar-refractivity contribution >= 4 is 29.1 Å². The van der Waals surface area contributed by atoms with E-state index in [2.05, 4.69) is 5.32 Å². The van der Waals surface area contributed by atoms with Gasteiger partial charge in [0.05, 0.1) is 18.6 Å². The fourth-order valence-electron chi connectivity index (χ4n) is 4.24. The van der Waals surface area contributed by atoms with Gasteiger partial charge in [-0.3, -0.25) is 4.79 Å². The van der Waals surface area contributed by atoms with E-state index in [4.69, 9.17) is 27.9 Å². The van der Waals surface area contributed by atoms with Crippen molar-refractivity contribution in [1.29, 1.82) is 0 Å². The Kier molecular flexibility index (Phi) is 6.85. The van der Waals surface area contributed by atoms with Gasteiger partial charge < -0.3 is 10.1 Å². The first-order chi connectivity index (χ1) is 15.3. The molecule has 4 rings (SSSR count). The van der Waals surface area contributed by atoms with E-state index >= 15 is 0 Å². The second-order valence-corrected chi connectivity index (χ2v) is 9.41. The van der Waals surface area contributed by atoms with Gasteiger partial charge in [0.1, 0.15) is 5.82 Å². The number of carbonyl (C=O) groups excluding carboxylic acids is 1. The van der Waals surface area contributed by atoms with Crippen LogP contribution in [-0.4, -0.2) is 11.4 Å². The molecule has 166 valence electrons. The van der Waals surface area contributed by atoms with E-state index in [1.165, 1.54) is 12.1 Å². The number of hydrogen-bond donors (Lipinski definition) is 1. The number of rotatable bonds is 5. The lowest BCUT2D eigenvalue weighted by Crippen LogP contribution is -2.51. The van der Waals surface area contributed by atoms with Crippen molar-refractivity contribution in [3.8, 4) is 0 Å². The summed E-state index contributed by atoms with van der Waals surface area (Å²) >= 11 is 12.0. The standard InChI is InChI=1S/C26H24Cl2FNO2/c1-26(30-25(31)13-17-5-9-20(27)10-6-17)15-23(18-7-11-21(28)12-8-18)32-24(16-26)19-3-2-4-22(29)14-19/h2-12,14,23-24H,13,15-16H2,1H3,(H,30,31)/t23-,24+,26-/m0/s1. The first-order valence-corrected chi connectivity index (χ1v) is 11.3. The topological polar surface area (TPSA) is 38.3 Å². The molecule has 0 spiro atoms. The molecule has 0 radical (unpaired) electrons. The van der Waals surface area contributed by atoms with Crippen LogP contribution in [0.15, 0.2) is 72.8 Å². The second kappa shape index (κ2) is 9.62. The Morgan fingerprint density at radius 1 is 0.969 bits per heavy atom. The number of halogens is 3. The van der Waals surface area contributed by atoms with Crippen molar-refractivity contribution in [3.63, 3.8) is 0 Å².